The second kappa shape index (κ2) is 6.81. The van der Waals surface area contributed by atoms with E-state index in [2.05, 4.69) is 24.8 Å². The highest BCUT2D eigenvalue weighted by Crippen LogP contribution is 2.64. The van der Waals surface area contributed by atoms with Crippen molar-refractivity contribution in [2.24, 2.45) is 23.2 Å². The van der Waals surface area contributed by atoms with Gasteiger partial charge >= 0.3 is 0 Å². The zero-order valence-electron chi connectivity index (χ0n) is 17.2. The van der Waals surface area contributed by atoms with Crippen LogP contribution in [-0.4, -0.2) is 15.8 Å². The van der Waals surface area contributed by atoms with Crippen molar-refractivity contribution in [3.8, 4) is 17.6 Å². The van der Waals surface area contributed by atoms with Crippen molar-refractivity contribution in [3.05, 3.63) is 29.3 Å². The molecular formula is C26H34O2. The summed E-state index contributed by atoms with van der Waals surface area (Å²) in [6.45, 7) is 2.34. The molecule has 0 aromatic heterocycles. The van der Waals surface area contributed by atoms with Crippen LogP contribution in [0.3, 0.4) is 0 Å². The molecule has 2 heteroatoms. The van der Waals surface area contributed by atoms with E-state index in [9.17, 15) is 10.2 Å². The summed E-state index contributed by atoms with van der Waals surface area (Å²) < 4.78 is 0. The van der Waals surface area contributed by atoms with Gasteiger partial charge in [-0.15, -0.1) is 0 Å². The Kier molecular flexibility index (Phi) is 4.51. The third-order valence-corrected chi connectivity index (χ3v) is 8.95. The zero-order chi connectivity index (χ0) is 19.4. The molecule has 5 atom stereocenters. The van der Waals surface area contributed by atoms with Crippen LogP contribution in [0.1, 0.15) is 88.2 Å². The molecule has 0 unspecified atom stereocenters. The van der Waals surface area contributed by atoms with Crippen molar-refractivity contribution >= 4 is 0 Å². The van der Waals surface area contributed by atoms with Crippen molar-refractivity contribution in [2.45, 2.75) is 89.1 Å². The van der Waals surface area contributed by atoms with Crippen LogP contribution in [0, 0.1) is 35.0 Å². The number of phenolic OH excluding ortho intramolecular Hbond substituents is 1. The van der Waals surface area contributed by atoms with Gasteiger partial charge in [0.15, 0.2) is 0 Å². The number of aryl methyl sites for hydroxylation is 1. The summed E-state index contributed by atoms with van der Waals surface area (Å²) in [5.74, 6) is 9.71. The lowest BCUT2D eigenvalue weighted by molar-refractivity contribution is -0.0649. The minimum Gasteiger partial charge on any atom is -0.508 e. The Morgan fingerprint density at radius 2 is 1.82 bits per heavy atom. The molecule has 1 aromatic rings. The van der Waals surface area contributed by atoms with E-state index < -0.39 is 5.60 Å². The molecule has 3 fully saturated rings. The fourth-order valence-electron chi connectivity index (χ4n) is 7.26. The Balaban J connectivity index is 1.41. The van der Waals surface area contributed by atoms with Gasteiger partial charge in [0.1, 0.15) is 11.4 Å². The quantitative estimate of drug-likeness (QED) is 0.580. The summed E-state index contributed by atoms with van der Waals surface area (Å²) in [5.41, 5.74) is 1.94. The molecule has 5 rings (SSSR count). The molecule has 0 aliphatic heterocycles. The van der Waals surface area contributed by atoms with Crippen LogP contribution >= 0.6 is 0 Å². The molecule has 0 radical (unpaired) electrons. The van der Waals surface area contributed by atoms with Crippen molar-refractivity contribution in [1.29, 1.82) is 0 Å². The summed E-state index contributed by atoms with van der Waals surface area (Å²) in [4.78, 5) is 0. The summed E-state index contributed by atoms with van der Waals surface area (Å²) in [6.07, 6.45) is 12.8. The molecule has 3 saturated carbocycles. The second-order valence-electron chi connectivity index (χ2n) is 10.3. The molecule has 4 aliphatic carbocycles. The predicted molar refractivity (Wildman–Crippen MR) is 112 cm³/mol. The van der Waals surface area contributed by atoms with Crippen molar-refractivity contribution < 1.29 is 10.2 Å². The van der Waals surface area contributed by atoms with Crippen LogP contribution in [0.15, 0.2) is 18.2 Å². The summed E-state index contributed by atoms with van der Waals surface area (Å²) >= 11 is 0. The highest BCUT2D eigenvalue weighted by atomic mass is 16.3. The molecular weight excluding hydrogens is 344 g/mol. The number of rotatable bonds is 0. The van der Waals surface area contributed by atoms with E-state index in [1.165, 1.54) is 49.7 Å². The van der Waals surface area contributed by atoms with Crippen LogP contribution in [0.5, 0.6) is 5.75 Å². The number of hydrogen-bond donors (Lipinski definition) is 2. The largest absolute Gasteiger partial charge is 0.508 e. The van der Waals surface area contributed by atoms with E-state index in [0.717, 1.165) is 32.1 Å². The van der Waals surface area contributed by atoms with Crippen LogP contribution in [-0.2, 0) is 6.42 Å². The third-order valence-electron chi connectivity index (χ3n) is 8.95. The Bertz CT molecular complexity index is 811. The first-order chi connectivity index (χ1) is 13.5. The summed E-state index contributed by atoms with van der Waals surface area (Å²) in [5, 5.41) is 21.6. The molecule has 1 aromatic carbocycles. The van der Waals surface area contributed by atoms with Crippen LogP contribution in [0.25, 0.3) is 0 Å². The molecule has 28 heavy (non-hydrogen) atoms. The molecule has 2 nitrogen and oxygen atoms in total. The lowest BCUT2D eigenvalue weighted by Gasteiger charge is -2.52. The first-order valence-corrected chi connectivity index (χ1v) is 11.6. The maximum absolute atomic E-state index is 11.7. The number of fused-ring (bicyclic) bond motifs is 5. The maximum atomic E-state index is 11.7. The monoisotopic (exact) mass is 378 g/mol. The number of aromatic hydroxyl groups is 1. The predicted octanol–water partition coefficient (Wildman–Crippen LogP) is 5.56. The van der Waals surface area contributed by atoms with Crippen LogP contribution in [0.2, 0.25) is 0 Å². The van der Waals surface area contributed by atoms with E-state index in [-0.39, 0.29) is 5.41 Å². The van der Waals surface area contributed by atoms with Gasteiger partial charge in [0.2, 0.25) is 0 Å². The Labute approximate surface area is 169 Å². The molecule has 150 valence electrons. The van der Waals surface area contributed by atoms with Gasteiger partial charge in [0, 0.05) is 11.3 Å². The topological polar surface area (TPSA) is 40.5 Å². The van der Waals surface area contributed by atoms with E-state index in [4.69, 9.17) is 0 Å². The van der Waals surface area contributed by atoms with Crippen molar-refractivity contribution in [2.75, 3.05) is 0 Å². The minimum atomic E-state index is -0.796. The number of benzene rings is 1. The average Bonchev–Trinajstić information content (AvgIpc) is 2.98. The first-order valence-electron chi connectivity index (χ1n) is 11.6. The smallest absolute Gasteiger partial charge is 0.131 e. The van der Waals surface area contributed by atoms with E-state index in [0.29, 0.717) is 29.4 Å². The van der Waals surface area contributed by atoms with Gasteiger partial charge in [-0.25, -0.2) is 0 Å². The lowest BCUT2D eigenvalue weighted by Crippen LogP contribution is -2.50. The maximum Gasteiger partial charge on any atom is 0.131 e. The van der Waals surface area contributed by atoms with Gasteiger partial charge in [-0.05, 0) is 92.4 Å². The fraction of sp³-hybridized carbons (Fsp3) is 0.692. The van der Waals surface area contributed by atoms with Gasteiger partial charge in [-0.1, -0.05) is 44.1 Å². The summed E-state index contributed by atoms with van der Waals surface area (Å²) in [6, 6.07) is 5.99. The van der Waals surface area contributed by atoms with E-state index in [1.54, 1.807) is 0 Å². The molecule has 0 bridgehead atoms. The van der Waals surface area contributed by atoms with Gasteiger partial charge in [0.05, 0.1) is 0 Å². The van der Waals surface area contributed by atoms with Crippen molar-refractivity contribution in [3.63, 3.8) is 0 Å². The Hall–Kier alpha value is -1.46. The number of hydrogen-bond acceptors (Lipinski definition) is 2. The fourth-order valence-corrected chi connectivity index (χ4v) is 7.26. The Morgan fingerprint density at radius 1 is 1.00 bits per heavy atom. The van der Waals surface area contributed by atoms with E-state index >= 15 is 0 Å². The molecule has 0 spiro atoms. The highest BCUT2D eigenvalue weighted by molar-refractivity contribution is 5.40. The van der Waals surface area contributed by atoms with Gasteiger partial charge in [0.25, 0.3) is 0 Å². The number of aliphatic hydroxyl groups is 1. The lowest BCUT2D eigenvalue weighted by atomic mass is 9.53. The zero-order valence-corrected chi connectivity index (χ0v) is 17.2. The minimum absolute atomic E-state index is 0.0652. The second-order valence-corrected chi connectivity index (χ2v) is 10.3. The molecule has 4 aliphatic rings. The summed E-state index contributed by atoms with van der Waals surface area (Å²) in [7, 11) is 0. The average molecular weight is 379 g/mol. The van der Waals surface area contributed by atoms with Gasteiger partial charge < -0.3 is 10.2 Å². The third kappa shape index (κ3) is 2.81. The van der Waals surface area contributed by atoms with Crippen LogP contribution in [0.4, 0.5) is 0 Å². The first kappa shape index (κ1) is 18.6. The van der Waals surface area contributed by atoms with Gasteiger partial charge in [-0.3, -0.25) is 0 Å². The molecule has 0 saturated heterocycles. The SMILES string of the molecule is C[C@]12CC[C@@H]3c4ccc(O)cc4CC[C@H]3[C@@H]1CC[C@@]2(O)C#CC1CCCCC1. The standard InChI is InChI=1S/C26H34O2/c1-25-14-12-22-21-10-8-20(27)17-19(21)7-9-23(22)24(25)13-16-26(25,28)15-11-18-5-3-2-4-6-18/h8,10,17-18,22-24,27-28H,2-7,9,12-14,16H2,1H3/t22-,23-,24+,25+,26+/m1/s1. The van der Waals surface area contributed by atoms with Crippen molar-refractivity contribution in [1.82, 2.24) is 0 Å². The van der Waals surface area contributed by atoms with E-state index in [1.807, 2.05) is 12.1 Å². The Morgan fingerprint density at radius 3 is 2.64 bits per heavy atom. The van der Waals surface area contributed by atoms with Gasteiger partial charge in [-0.2, -0.15) is 0 Å². The molecule has 0 heterocycles. The number of phenols is 1. The molecule has 0 amide bonds. The normalized spacial score (nSPS) is 40.0. The molecule has 2 N–H and O–H groups in total. The highest BCUT2D eigenvalue weighted by Gasteiger charge is 2.61. The van der Waals surface area contributed by atoms with Crippen LogP contribution < -0.4 is 0 Å².